The summed E-state index contributed by atoms with van der Waals surface area (Å²) in [5, 5.41) is 0. The van der Waals surface area contributed by atoms with Crippen molar-refractivity contribution in [2.75, 3.05) is 0 Å². The Morgan fingerprint density at radius 2 is 0.0133 bits per heavy atom. The molecule has 0 unspecified atom stereocenters. The van der Waals surface area contributed by atoms with E-state index in [-0.39, 0.29) is 2220 Å². The Balaban J connectivity index is 0. The first kappa shape index (κ1) is 2530. The minimum absolute atomic E-state index is 0. The fourth-order valence-corrected chi connectivity index (χ4v) is 0. The Morgan fingerprint density at radius 3 is 0.0133 bits per heavy atom. The molecule has 0 spiro atoms. The number of hydrogen-bond acceptors (Lipinski definition) is 0. The molecule has 150 heavy (non-hydrogen) atoms. The smallest absolute Gasteiger partial charge is 2.00 e. The van der Waals surface area contributed by atoms with Crippen LogP contribution in [-0.2, 0) is 2220 Å². The predicted molar refractivity (Wildman–Crippen MR) is 34.3 cm³/mol. The maximum absolute atomic E-state index is 0. The third-order valence-corrected chi connectivity index (χ3v) is 0. The van der Waals surface area contributed by atoms with E-state index >= 15 is 0 Å². The van der Waals surface area contributed by atoms with Crippen molar-refractivity contribution in [2.24, 2.45) is 0 Å². The van der Waals surface area contributed by atoms with Crippen molar-refractivity contribution in [1.29, 1.82) is 0 Å². The normalized spacial score (nSPS) is 0. The van der Waals surface area contributed by atoms with Crippen LogP contribution >= 0.6 is 0 Å². The van der Waals surface area contributed by atoms with E-state index in [0.29, 0.717) is 0 Å². The summed E-state index contributed by atoms with van der Waals surface area (Å²) in [7, 11) is 0. The Bertz CT molecular complexity index is 138. The van der Waals surface area contributed by atoms with E-state index in [4.69, 9.17) is 0 Å². The topological polar surface area (TPSA) is 1420 Å². The van der Waals surface area contributed by atoms with Gasteiger partial charge in [-0.05, 0) is 0 Å². The van der Waals surface area contributed by atoms with Crippen molar-refractivity contribution in [2.45, 2.75) is 0 Å². The third kappa shape index (κ3) is 2460. The summed E-state index contributed by atoms with van der Waals surface area (Å²) in [4.78, 5) is 0. The van der Waals surface area contributed by atoms with Crippen molar-refractivity contribution < 1.29 is 2220 Å². The van der Waals surface area contributed by atoms with Crippen LogP contribution in [0.15, 0.2) is 0 Å². The van der Waals surface area contributed by atoms with Gasteiger partial charge in [0.15, 0.2) is 0 Å². The van der Waals surface area contributed by atoms with Gasteiger partial charge in [0, 0.05) is 0 Å². The zero-order chi connectivity index (χ0) is 0. The largest absolute Gasteiger partial charge is 2.00 e. The van der Waals surface area contributed by atoms with Gasteiger partial charge in [0.2, 0.25) is 0 Å². The van der Waals surface area contributed by atoms with Crippen LogP contribution in [0.4, 0.5) is 0 Å². The van der Waals surface area contributed by atoms with Crippen LogP contribution in [0.2, 0.25) is 0 Å². The van der Waals surface area contributed by atoms with Gasteiger partial charge in [0.1, 0.15) is 0 Å². The van der Waals surface area contributed by atoms with E-state index in [2.05, 4.69) is 0 Å². The molecular weight excluding hydrogens is 7340 g/mol. The molecule has 0 N–H and O–H groups in total. The molecule has 0 radical (unpaired) electrons. The minimum atomic E-state index is 0. The average Bonchev–Trinajstić information content (AvgIpc) is 0. The third-order valence-electron chi connectivity index (χ3n) is 0. The second kappa shape index (κ2) is 2500. The van der Waals surface area contributed by atoms with E-state index in [0.717, 1.165) is 0 Å². The van der Waals surface area contributed by atoms with E-state index in [1.54, 1.807) is 0 Å². The van der Waals surface area contributed by atoms with Gasteiger partial charge < -0.3 is 274 Å². The molecule has 50 nitrogen and oxygen atoms in total. The minimum Gasteiger partial charge on any atom is -2.00 e. The predicted octanol–water partition coefficient (Wildman–Crippen LogP) is -6.19. The molecule has 0 aliphatic carbocycles. The van der Waals surface area contributed by atoms with Gasteiger partial charge in [-0.2, -0.15) is 0 Å². The molecule has 0 atom stereocenters. The van der Waals surface area contributed by atoms with Crippen molar-refractivity contribution in [1.82, 2.24) is 0 Å². The standard InChI is InChI=1S/50O.100Zn/q50*-2;100*+2. The second-order valence-electron chi connectivity index (χ2n) is 0. The van der Waals surface area contributed by atoms with Gasteiger partial charge in [-0.3, -0.25) is 0 Å². The van der Waals surface area contributed by atoms with Gasteiger partial charge in [0.05, 0.1) is 0 Å². The maximum atomic E-state index is 0. The van der Waals surface area contributed by atoms with E-state index < -0.39 is 0 Å². The van der Waals surface area contributed by atoms with E-state index in [1.807, 2.05) is 0 Å². The first-order chi connectivity index (χ1) is 0. The van der Waals surface area contributed by atoms with Crippen LogP contribution in [0.5, 0.6) is 0 Å². The van der Waals surface area contributed by atoms with Crippen molar-refractivity contribution in [3.8, 4) is 0 Å². The van der Waals surface area contributed by atoms with Crippen molar-refractivity contribution >= 4 is 0 Å². The fourth-order valence-electron chi connectivity index (χ4n) is 0. The maximum Gasteiger partial charge on any atom is 2.00 e. The summed E-state index contributed by atoms with van der Waals surface area (Å²) in [6, 6.07) is 0. The summed E-state index contributed by atoms with van der Waals surface area (Å²) in [5.41, 5.74) is 0. The summed E-state index contributed by atoms with van der Waals surface area (Å²) in [6.45, 7) is 0. The molecule has 0 aliphatic rings. The van der Waals surface area contributed by atoms with Crippen LogP contribution in [0.25, 0.3) is 0 Å². The molecule has 0 bridgehead atoms. The van der Waals surface area contributed by atoms with Crippen LogP contribution in [0.1, 0.15) is 0 Å². The summed E-state index contributed by atoms with van der Waals surface area (Å²) in [5.74, 6) is 0. The monoisotopic (exact) mass is 7190 g/mol. The number of rotatable bonds is 0. The molecule has 0 fully saturated rings. The molecule has 0 amide bonds. The molecule has 0 rings (SSSR count). The molecule has 0 heterocycles. The summed E-state index contributed by atoms with van der Waals surface area (Å²) >= 11 is 0. The van der Waals surface area contributed by atoms with Crippen LogP contribution in [0.3, 0.4) is 0 Å². The van der Waals surface area contributed by atoms with Gasteiger partial charge in [-0.1, -0.05) is 0 Å². The molecule has 150 heteroatoms. The Hall–Kier alpha value is 60.3. The van der Waals surface area contributed by atoms with Crippen molar-refractivity contribution in [3.05, 3.63) is 0 Å². The molecule has 0 aromatic carbocycles. The Kier molecular flexibility index (Phi) is 42100. The first-order valence-corrected chi connectivity index (χ1v) is 0. The Labute approximate surface area is 2160 Å². The van der Waals surface area contributed by atoms with Crippen molar-refractivity contribution in [3.63, 3.8) is 0 Å². The molecular formula is O50Zn100+100. The van der Waals surface area contributed by atoms with Crippen LogP contribution in [0, 0.1) is 0 Å². The number of hydrogen-bond donors (Lipinski definition) is 0. The second-order valence-corrected chi connectivity index (χ2v) is 0. The Morgan fingerprint density at radius 1 is 0.0133 bits per heavy atom. The molecule has 0 aromatic rings. The zero-order valence-corrected chi connectivity index (χ0v) is 388. The van der Waals surface area contributed by atoms with Crippen LogP contribution < -0.4 is 0 Å². The molecule has 0 saturated carbocycles. The first-order valence-electron chi connectivity index (χ1n) is 0. The van der Waals surface area contributed by atoms with Crippen LogP contribution in [-0.4, -0.2) is 0 Å². The molecule has 0 aromatic heterocycles. The summed E-state index contributed by atoms with van der Waals surface area (Å²) < 4.78 is 0. The zero-order valence-electron chi connectivity index (χ0n) is 91.1. The quantitative estimate of drug-likeness (QED) is 0.205. The summed E-state index contributed by atoms with van der Waals surface area (Å²) in [6.07, 6.45) is 0. The van der Waals surface area contributed by atoms with Gasteiger partial charge in [0.25, 0.3) is 0 Å². The molecule has 0 saturated heterocycles. The van der Waals surface area contributed by atoms with Gasteiger partial charge >= 0.3 is 1950 Å². The molecule has 0 aliphatic heterocycles. The van der Waals surface area contributed by atoms with Gasteiger partial charge in [-0.25, -0.2) is 0 Å². The fraction of sp³-hybridized carbons (Fsp3) is 0. The average molecular weight is 7340 g/mol. The van der Waals surface area contributed by atoms with E-state index in [9.17, 15) is 0 Å². The van der Waals surface area contributed by atoms with E-state index in [1.165, 1.54) is 0 Å². The molecule has 400 valence electrons. The van der Waals surface area contributed by atoms with Gasteiger partial charge in [-0.15, -0.1) is 0 Å². The SMILES string of the molecule is [O-2].[O-2].[O-2].[O-2].[O-2].[O-2].[O-2].[O-2].[O-2].[O-2].[O-2].[O-2].[O-2].[O-2].[O-2].[O-2].[O-2].[O-2].[O-2].[O-2].[O-2].[O-2].[O-2].[O-2].[O-2].[O-2].[O-2].[O-2].[O-2].[O-2].[O-2].[O-2].[O-2].[O-2].[O-2].[O-2].[O-2].[O-2].[O-2].[O-2].[O-2].[O-2].[O-2].[O-2].[O-2].[O-2].[O-2].[O-2].[O-2].[O-2].[Zn+2].[Zn+2].[Zn+2].[Zn+2].[Zn+2].[Zn+2].[Zn+2].[Zn+2].[Zn+2].[Zn+2].[Zn+2].[Zn+2].[Zn+2].[Zn+2].[Zn+2].[Zn+2].[Zn+2].[Zn+2].[Zn+2].[Zn+2].[Zn+2].[Zn+2].[Zn+2].[Zn+2].[Zn+2].[Zn+2].[Zn+2].[Zn+2].[Zn+2].[Zn+2].[Zn+2].[Zn+2].[Zn+2].[Zn+2].[Zn+2].[Zn+2].[Zn+2].[Zn+2].[Zn+2].[Zn+2].[Zn+2].[Zn+2].[Zn+2].[Zn+2].[Zn+2].[Zn+2].[Zn+2].[Zn+2].[Zn+2].[Zn+2].[Zn+2].[Zn+2].[Zn+2].[Zn+2].[Zn+2].[Zn+2].[Zn+2].[Zn+2].[Zn+2].[Zn+2].[Zn+2].[Zn+2].[Zn+2].[Zn+2].[Zn+2].[Zn+2].[Zn+2].[Zn+2].[Zn+2].[Zn+2].[Zn+2].[Zn+2].[Zn+2].[Zn+2].[Zn+2].[Zn+2].[Zn+2].[Zn+2].[Zn+2].[Zn+2].[Zn+2].[Zn+2].[Zn+2].[Zn+2].[Zn+2].[Zn+2].[Zn+2].[Zn+2].[Zn+2].[Zn+2].[Zn+2].[Zn+2].[Zn+2].[Zn+2].[Zn+2].[Zn+2].[Zn+2].[Zn+2].[Zn+2].[Zn+2].